The summed E-state index contributed by atoms with van der Waals surface area (Å²) in [6.45, 7) is 0. The molecule has 2 aliphatic heterocycles. The van der Waals surface area contributed by atoms with Crippen LogP contribution in [-0.4, -0.2) is 16.4 Å². The molecule has 1 atom stereocenters. The Morgan fingerprint density at radius 3 is 2.58 bits per heavy atom. The number of para-hydroxylation sites is 1. The standard InChI is InChI=1S/C20H19BrN2O/c21-15-9-7-14(8-10-15)17-13-18-16-5-1-2-6-19(16)24-20(23(18)22-17)11-3-4-12-20/h1-2,5-10,18H,3-4,11-13H2. The SMILES string of the molecule is Brc1ccc(C2=NN3C(C2)c2ccccc2OC32CCCC2)cc1. The number of hydrazone groups is 1. The normalized spacial score (nSPS) is 23.6. The van der Waals surface area contributed by atoms with Crippen LogP contribution in [0, 0.1) is 0 Å². The molecule has 0 radical (unpaired) electrons. The zero-order valence-electron chi connectivity index (χ0n) is 13.4. The predicted molar refractivity (Wildman–Crippen MR) is 98.1 cm³/mol. The Hall–Kier alpha value is -1.81. The fourth-order valence-corrected chi connectivity index (χ4v) is 4.57. The molecule has 0 saturated heterocycles. The van der Waals surface area contributed by atoms with Crippen LogP contribution in [0.25, 0.3) is 0 Å². The zero-order valence-corrected chi connectivity index (χ0v) is 15.0. The second-order valence-electron chi connectivity index (χ2n) is 6.91. The second kappa shape index (κ2) is 5.35. The molecule has 1 spiro atoms. The quantitative estimate of drug-likeness (QED) is 0.671. The van der Waals surface area contributed by atoms with E-state index in [0.717, 1.165) is 29.5 Å². The first kappa shape index (κ1) is 14.5. The lowest BCUT2D eigenvalue weighted by Gasteiger charge is -2.45. The Kier molecular flexibility index (Phi) is 3.24. The molecule has 1 unspecified atom stereocenters. The van der Waals surface area contributed by atoms with E-state index in [0.29, 0.717) is 6.04 Å². The predicted octanol–water partition coefficient (Wildman–Crippen LogP) is 5.26. The van der Waals surface area contributed by atoms with Crippen LogP contribution in [-0.2, 0) is 0 Å². The van der Waals surface area contributed by atoms with Crippen LogP contribution in [0.4, 0.5) is 0 Å². The Morgan fingerprint density at radius 2 is 1.79 bits per heavy atom. The monoisotopic (exact) mass is 382 g/mol. The molecular formula is C20H19BrN2O. The summed E-state index contributed by atoms with van der Waals surface area (Å²) in [4.78, 5) is 0. The molecule has 2 aromatic rings. The molecule has 2 heterocycles. The Balaban J connectivity index is 1.59. The summed E-state index contributed by atoms with van der Waals surface area (Å²) in [6.07, 6.45) is 5.51. The summed E-state index contributed by atoms with van der Waals surface area (Å²) in [6, 6.07) is 17.2. The van der Waals surface area contributed by atoms with Gasteiger partial charge in [-0.05, 0) is 36.6 Å². The highest BCUT2D eigenvalue weighted by Gasteiger charge is 2.51. The van der Waals surface area contributed by atoms with E-state index in [1.165, 1.54) is 29.7 Å². The van der Waals surface area contributed by atoms with Crippen molar-refractivity contribution in [3.05, 3.63) is 64.1 Å². The number of fused-ring (bicyclic) bond motifs is 4. The van der Waals surface area contributed by atoms with Crippen LogP contribution in [0.15, 0.2) is 58.1 Å². The first-order valence-electron chi connectivity index (χ1n) is 8.66. The van der Waals surface area contributed by atoms with Crippen molar-refractivity contribution in [1.29, 1.82) is 0 Å². The van der Waals surface area contributed by atoms with Crippen LogP contribution in [0.2, 0.25) is 0 Å². The summed E-state index contributed by atoms with van der Waals surface area (Å²) < 4.78 is 7.61. The molecule has 1 aliphatic carbocycles. The lowest BCUT2D eigenvalue weighted by atomic mass is 9.94. The van der Waals surface area contributed by atoms with Gasteiger partial charge in [-0.1, -0.05) is 46.3 Å². The molecule has 0 amide bonds. The van der Waals surface area contributed by atoms with Gasteiger partial charge in [0.25, 0.3) is 0 Å². The number of hydrogen-bond donors (Lipinski definition) is 0. The van der Waals surface area contributed by atoms with Crippen molar-refractivity contribution in [2.45, 2.75) is 43.9 Å². The Morgan fingerprint density at radius 1 is 1.04 bits per heavy atom. The van der Waals surface area contributed by atoms with Crippen LogP contribution >= 0.6 is 15.9 Å². The van der Waals surface area contributed by atoms with Gasteiger partial charge in [-0.2, -0.15) is 5.10 Å². The van der Waals surface area contributed by atoms with Gasteiger partial charge in [0.05, 0.1) is 11.8 Å². The molecule has 122 valence electrons. The van der Waals surface area contributed by atoms with E-state index in [2.05, 4.69) is 69.5 Å². The molecule has 0 N–H and O–H groups in total. The van der Waals surface area contributed by atoms with Crippen molar-refractivity contribution in [2.75, 3.05) is 0 Å². The minimum Gasteiger partial charge on any atom is -0.466 e. The molecule has 2 aromatic carbocycles. The highest BCUT2D eigenvalue weighted by atomic mass is 79.9. The van der Waals surface area contributed by atoms with E-state index < -0.39 is 0 Å². The largest absolute Gasteiger partial charge is 0.466 e. The Bertz CT molecular complexity index is 809. The van der Waals surface area contributed by atoms with Crippen molar-refractivity contribution in [3.8, 4) is 5.75 Å². The van der Waals surface area contributed by atoms with Gasteiger partial charge < -0.3 is 4.74 Å². The van der Waals surface area contributed by atoms with Crippen molar-refractivity contribution >= 4 is 21.6 Å². The third kappa shape index (κ3) is 2.12. The number of benzene rings is 2. The van der Waals surface area contributed by atoms with Gasteiger partial charge in [0.1, 0.15) is 5.75 Å². The maximum Gasteiger partial charge on any atom is 0.198 e. The third-order valence-electron chi connectivity index (χ3n) is 5.47. The highest BCUT2D eigenvalue weighted by Crippen LogP contribution is 2.51. The molecule has 4 heteroatoms. The van der Waals surface area contributed by atoms with Crippen LogP contribution in [0.5, 0.6) is 5.75 Å². The number of ether oxygens (including phenoxy) is 1. The molecule has 24 heavy (non-hydrogen) atoms. The van der Waals surface area contributed by atoms with Gasteiger partial charge in [0.15, 0.2) is 5.72 Å². The topological polar surface area (TPSA) is 24.8 Å². The first-order valence-corrected chi connectivity index (χ1v) is 9.45. The molecule has 0 bridgehead atoms. The number of halogens is 1. The average molecular weight is 383 g/mol. The molecule has 5 rings (SSSR count). The maximum atomic E-state index is 6.51. The summed E-state index contributed by atoms with van der Waals surface area (Å²) >= 11 is 3.51. The zero-order chi connectivity index (χ0) is 16.1. The lowest BCUT2D eigenvalue weighted by molar-refractivity contribution is -0.114. The van der Waals surface area contributed by atoms with E-state index in [1.54, 1.807) is 0 Å². The van der Waals surface area contributed by atoms with Crippen LogP contribution < -0.4 is 4.74 Å². The van der Waals surface area contributed by atoms with E-state index in [1.807, 2.05) is 0 Å². The maximum absolute atomic E-state index is 6.51. The van der Waals surface area contributed by atoms with Gasteiger partial charge in [-0.15, -0.1) is 0 Å². The fraction of sp³-hybridized carbons (Fsp3) is 0.350. The number of nitrogens with zero attached hydrogens (tertiary/aromatic N) is 2. The minimum atomic E-state index is -0.240. The van der Waals surface area contributed by atoms with E-state index >= 15 is 0 Å². The van der Waals surface area contributed by atoms with Crippen molar-refractivity contribution < 1.29 is 4.74 Å². The van der Waals surface area contributed by atoms with Gasteiger partial charge >= 0.3 is 0 Å². The summed E-state index contributed by atoms with van der Waals surface area (Å²) in [5.74, 6) is 1.05. The highest BCUT2D eigenvalue weighted by molar-refractivity contribution is 9.10. The van der Waals surface area contributed by atoms with Crippen LogP contribution in [0.3, 0.4) is 0 Å². The van der Waals surface area contributed by atoms with Crippen molar-refractivity contribution in [3.63, 3.8) is 0 Å². The third-order valence-corrected chi connectivity index (χ3v) is 6.00. The summed E-state index contributed by atoms with van der Waals surface area (Å²) in [5, 5.41) is 7.33. The van der Waals surface area contributed by atoms with E-state index in [9.17, 15) is 0 Å². The van der Waals surface area contributed by atoms with Gasteiger partial charge in [-0.3, -0.25) is 0 Å². The van der Waals surface area contributed by atoms with Gasteiger partial charge in [0.2, 0.25) is 0 Å². The summed E-state index contributed by atoms with van der Waals surface area (Å²) in [5.41, 5.74) is 3.40. The van der Waals surface area contributed by atoms with Crippen LogP contribution in [0.1, 0.15) is 49.3 Å². The number of rotatable bonds is 1. The average Bonchev–Trinajstić information content (AvgIpc) is 3.24. The molecule has 1 saturated carbocycles. The molecule has 3 aliphatic rings. The smallest absolute Gasteiger partial charge is 0.198 e. The fourth-order valence-electron chi connectivity index (χ4n) is 4.30. The second-order valence-corrected chi connectivity index (χ2v) is 7.83. The van der Waals surface area contributed by atoms with E-state index in [-0.39, 0.29) is 5.72 Å². The van der Waals surface area contributed by atoms with Crippen molar-refractivity contribution in [1.82, 2.24) is 5.01 Å². The van der Waals surface area contributed by atoms with E-state index in [4.69, 9.17) is 9.84 Å². The molecule has 0 aromatic heterocycles. The Labute approximate surface area is 150 Å². The van der Waals surface area contributed by atoms with Crippen molar-refractivity contribution in [2.24, 2.45) is 5.10 Å². The number of hydrogen-bond acceptors (Lipinski definition) is 3. The van der Waals surface area contributed by atoms with Gasteiger partial charge in [-0.25, -0.2) is 5.01 Å². The first-order chi connectivity index (χ1) is 11.8. The molecule has 1 fully saturated rings. The summed E-state index contributed by atoms with van der Waals surface area (Å²) in [7, 11) is 0. The minimum absolute atomic E-state index is 0.240. The lowest BCUT2D eigenvalue weighted by Crippen LogP contribution is -2.51. The van der Waals surface area contributed by atoms with Gasteiger partial charge in [0, 0.05) is 29.3 Å². The molecule has 3 nitrogen and oxygen atoms in total. The molecular weight excluding hydrogens is 364 g/mol.